The van der Waals surface area contributed by atoms with Gasteiger partial charge in [0.1, 0.15) is 5.82 Å². The zero-order valence-electron chi connectivity index (χ0n) is 16.9. The summed E-state index contributed by atoms with van der Waals surface area (Å²) in [5.41, 5.74) is 0.540. The highest BCUT2D eigenvalue weighted by atomic mass is 19.4. The van der Waals surface area contributed by atoms with Gasteiger partial charge >= 0.3 is 6.18 Å². The highest BCUT2D eigenvalue weighted by molar-refractivity contribution is 5.28. The second-order valence-electron chi connectivity index (χ2n) is 7.96. The SMILES string of the molecule is Cc1cc(C(F)(F)F)cc(C(C)OCC2(c3ccc(F)cc3)CCN(C)CC2)n1. The van der Waals surface area contributed by atoms with Crippen LogP contribution in [0.3, 0.4) is 0 Å². The summed E-state index contributed by atoms with van der Waals surface area (Å²) in [4.78, 5) is 6.47. The van der Waals surface area contributed by atoms with E-state index in [2.05, 4.69) is 9.88 Å². The number of alkyl halides is 3. The number of ether oxygens (including phenoxy) is 1. The molecule has 3 nitrogen and oxygen atoms in total. The summed E-state index contributed by atoms with van der Waals surface area (Å²) in [6.45, 7) is 5.34. The standard InChI is InChI=1S/C22H26F4N2O/c1-15-12-18(22(24,25)26)13-20(27-15)16(2)29-14-21(8-10-28(3)11-9-21)17-4-6-19(23)7-5-17/h4-7,12-13,16H,8-11,14H2,1-3H3. The van der Waals surface area contributed by atoms with Crippen LogP contribution in [0.2, 0.25) is 0 Å². The Bertz CT molecular complexity index is 828. The molecule has 1 unspecified atom stereocenters. The molecular weight excluding hydrogens is 384 g/mol. The van der Waals surface area contributed by atoms with Crippen LogP contribution in [0, 0.1) is 12.7 Å². The molecule has 3 rings (SSSR count). The Hall–Kier alpha value is -1.99. The zero-order valence-corrected chi connectivity index (χ0v) is 16.9. The van der Waals surface area contributed by atoms with E-state index in [0.29, 0.717) is 12.3 Å². The van der Waals surface area contributed by atoms with E-state index in [1.54, 1.807) is 26.0 Å². The smallest absolute Gasteiger partial charge is 0.371 e. The Morgan fingerprint density at radius 3 is 2.34 bits per heavy atom. The molecule has 1 aromatic carbocycles. The van der Waals surface area contributed by atoms with Crippen molar-refractivity contribution in [1.82, 2.24) is 9.88 Å². The first-order valence-electron chi connectivity index (χ1n) is 9.71. The maximum atomic E-state index is 13.4. The van der Waals surface area contributed by atoms with Gasteiger partial charge in [0.05, 0.1) is 24.0 Å². The Morgan fingerprint density at radius 1 is 1.14 bits per heavy atom. The van der Waals surface area contributed by atoms with Gasteiger partial charge in [0.2, 0.25) is 0 Å². The van der Waals surface area contributed by atoms with Crippen molar-refractivity contribution in [3.63, 3.8) is 0 Å². The maximum absolute atomic E-state index is 13.4. The zero-order chi connectivity index (χ0) is 21.2. The van der Waals surface area contributed by atoms with Crippen LogP contribution in [-0.4, -0.2) is 36.6 Å². The van der Waals surface area contributed by atoms with E-state index in [9.17, 15) is 17.6 Å². The fourth-order valence-electron chi connectivity index (χ4n) is 3.80. The molecular formula is C22H26F4N2O. The molecule has 0 aliphatic carbocycles. The van der Waals surface area contributed by atoms with E-state index in [0.717, 1.165) is 43.6 Å². The summed E-state index contributed by atoms with van der Waals surface area (Å²) in [5.74, 6) is -0.297. The van der Waals surface area contributed by atoms with Crippen molar-refractivity contribution >= 4 is 0 Å². The first-order valence-corrected chi connectivity index (χ1v) is 9.71. The van der Waals surface area contributed by atoms with Crippen molar-refractivity contribution in [1.29, 1.82) is 0 Å². The van der Waals surface area contributed by atoms with Gasteiger partial charge in [-0.25, -0.2) is 4.39 Å². The number of hydrogen-bond donors (Lipinski definition) is 0. The fraction of sp³-hybridized carbons (Fsp3) is 0.500. The molecule has 0 saturated carbocycles. The topological polar surface area (TPSA) is 25.4 Å². The minimum absolute atomic E-state index is 0.263. The molecule has 1 aromatic heterocycles. The number of rotatable bonds is 5. The van der Waals surface area contributed by atoms with Gasteiger partial charge in [0, 0.05) is 11.1 Å². The van der Waals surface area contributed by atoms with Crippen LogP contribution in [0.5, 0.6) is 0 Å². The van der Waals surface area contributed by atoms with Gasteiger partial charge in [0.15, 0.2) is 0 Å². The van der Waals surface area contributed by atoms with Gasteiger partial charge in [-0.3, -0.25) is 4.98 Å². The lowest BCUT2D eigenvalue weighted by Gasteiger charge is -2.41. The van der Waals surface area contributed by atoms with Crippen molar-refractivity contribution in [2.75, 3.05) is 26.7 Å². The Labute approximate surface area is 168 Å². The highest BCUT2D eigenvalue weighted by Gasteiger charge is 2.37. The molecule has 158 valence electrons. The summed E-state index contributed by atoms with van der Waals surface area (Å²) in [6, 6.07) is 8.53. The first-order chi connectivity index (χ1) is 13.6. The molecule has 2 aromatic rings. The van der Waals surface area contributed by atoms with Crippen LogP contribution >= 0.6 is 0 Å². The number of piperidine rings is 1. The van der Waals surface area contributed by atoms with Gasteiger partial charge in [-0.1, -0.05) is 12.1 Å². The predicted octanol–water partition coefficient (Wildman–Crippen LogP) is 5.29. The molecule has 0 spiro atoms. The van der Waals surface area contributed by atoms with Crippen LogP contribution in [0.25, 0.3) is 0 Å². The minimum atomic E-state index is -4.43. The molecule has 0 N–H and O–H groups in total. The number of aryl methyl sites for hydroxylation is 1. The van der Waals surface area contributed by atoms with Crippen LogP contribution < -0.4 is 0 Å². The number of pyridine rings is 1. The molecule has 29 heavy (non-hydrogen) atoms. The second-order valence-corrected chi connectivity index (χ2v) is 7.96. The van der Waals surface area contributed by atoms with Gasteiger partial charge in [-0.2, -0.15) is 13.2 Å². The van der Waals surface area contributed by atoms with Crippen molar-refractivity contribution in [3.05, 3.63) is 64.7 Å². The number of halogens is 4. The van der Waals surface area contributed by atoms with Crippen LogP contribution in [0.15, 0.2) is 36.4 Å². The first kappa shape index (κ1) is 21.7. The van der Waals surface area contributed by atoms with Gasteiger partial charge in [-0.15, -0.1) is 0 Å². The summed E-state index contributed by atoms with van der Waals surface area (Å²) in [5, 5.41) is 0. The summed E-state index contributed by atoms with van der Waals surface area (Å²) in [6.07, 6.45) is -3.35. The van der Waals surface area contributed by atoms with E-state index < -0.39 is 17.8 Å². The summed E-state index contributed by atoms with van der Waals surface area (Å²) < 4.78 is 58.9. The van der Waals surface area contributed by atoms with Gasteiger partial charge < -0.3 is 9.64 Å². The molecule has 0 bridgehead atoms. The molecule has 1 fully saturated rings. The number of benzene rings is 1. The molecule has 7 heteroatoms. The average Bonchev–Trinajstić information content (AvgIpc) is 2.67. The van der Waals surface area contributed by atoms with E-state index in [4.69, 9.17) is 4.74 Å². The second kappa shape index (κ2) is 8.40. The van der Waals surface area contributed by atoms with Crippen LogP contribution in [-0.2, 0) is 16.3 Å². The Kier molecular flexibility index (Phi) is 6.29. The molecule has 0 radical (unpaired) electrons. The van der Waals surface area contributed by atoms with E-state index in [1.165, 1.54) is 12.1 Å². The monoisotopic (exact) mass is 410 g/mol. The van der Waals surface area contributed by atoms with Crippen molar-refractivity contribution in [2.45, 2.75) is 44.4 Å². The quantitative estimate of drug-likeness (QED) is 0.627. The number of nitrogens with zero attached hydrogens (tertiary/aromatic N) is 2. The summed E-state index contributed by atoms with van der Waals surface area (Å²) >= 11 is 0. The normalized spacial score (nSPS) is 18.6. The molecule has 2 heterocycles. The third kappa shape index (κ3) is 5.14. The van der Waals surface area contributed by atoms with Crippen molar-refractivity contribution in [2.24, 2.45) is 0 Å². The van der Waals surface area contributed by atoms with E-state index in [1.807, 2.05) is 7.05 Å². The third-order valence-corrected chi connectivity index (χ3v) is 5.73. The fourth-order valence-corrected chi connectivity index (χ4v) is 3.80. The van der Waals surface area contributed by atoms with Crippen LogP contribution in [0.4, 0.5) is 17.6 Å². The molecule has 1 saturated heterocycles. The molecule has 1 aliphatic rings. The Morgan fingerprint density at radius 2 is 1.76 bits per heavy atom. The van der Waals surface area contributed by atoms with Crippen molar-refractivity contribution in [3.8, 4) is 0 Å². The van der Waals surface area contributed by atoms with E-state index in [-0.39, 0.29) is 16.9 Å². The number of aromatic nitrogens is 1. The molecule has 0 amide bonds. The van der Waals surface area contributed by atoms with Gasteiger partial charge in [-0.05, 0) is 76.7 Å². The summed E-state index contributed by atoms with van der Waals surface area (Å²) in [7, 11) is 2.05. The minimum Gasteiger partial charge on any atom is -0.371 e. The lowest BCUT2D eigenvalue weighted by Crippen LogP contribution is -2.44. The maximum Gasteiger partial charge on any atom is 0.416 e. The molecule has 1 aliphatic heterocycles. The molecule has 1 atom stereocenters. The average molecular weight is 410 g/mol. The van der Waals surface area contributed by atoms with Crippen molar-refractivity contribution < 1.29 is 22.3 Å². The third-order valence-electron chi connectivity index (χ3n) is 5.73. The highest BCUT2D eigenvalue weighted by Crippen LogP contribution is 2.37. The Balaban J connectivity index is 1.81. The lowest BCUT2D eigenvalue weighted by atomic mass is 9.73. The largest absolute Gasteiger partial charge is 0.416 e. The van der Waals surface area contributed by atoms with Gasteiger partial charge in [0.25, 0.3) is 0 Å². The predicted molar refractivity (Wildman–Crippen MR) is 103 cm³/mol. The van der Waals surface area contributed by atoms with Crippen LogP contribution in [0.1, 0.15) is 48.4 Å². The lowest BCUT2D eigenvalue weighted by molar-refractivity contribution is -0.137. The van der Waals surface area contributed by atoms with E-state index >= 15 is 0 Å². The number of hydrogen-bond acceptors (Lipinski definition) is 3. The number of likely N-dealkylation sites (tertiary alicyclic amines) is 1.